The van der Waals surface area contributed by atoms with Crippen LogP contribution in [0.25, 0.3) is 0 Å². The molecule has 1 aliphatic rings. The second kappa shape index (κ2) is 7.17. The monoisotopic (exact) mass is 330 g/mol. The molecule has 1 aliphatic heterocycles. The lowest BCUT2D eigenvalue weighted by Gasteiger charge is -2.33. The smallest absolute Gasteiger partial charge is 0.224 e. The number of nitrogens with zero attached hydrogens (tertiary/aromatic N) is 1. The Morgan fingerprint density at radius 1 is 1.41 bits per heavy atom. The molecule has 0 saturated carbocycles. The number of halogens is 1. The van der Waals surface area contributed by atoms with Crippen molar-refractivity contribution in [3.63, 3.8) is 0 Å². The average molecular weight is 330 g/mol. The van der Waals surface area contributed by atoms with E-state index in [1.165, 1.54) is 12.1 Å². The Bertz CT molecular complexity index is 618. The largest absolute Gasteiger partial charge is 0.370 e. The zero-order valence-electron chi connectivity index (χ0n) is 12.3. The van der Waals surface area contributed by atoms with Gasteiger partial charge in [-0.3, -0.25) is 4.79 Å². The van der Waals surface area contributed by atoms with Gasteiger partial charge < -0.3 is 9.64 Å². The first kappa shape index (κ1) is 16.9. The molecule has 8 heteroatoms. The summed E-state index contributed by atoms with van der Waals surface area (Å²) in [5.41, 5.74) is 0.813. The number of hydrogen-bond acceptors (Lipinski definition) is 4. The third kappa shape index (κ3) is 5.04. The van der Waals surface area contributed by atoms with E-state index in [0.717, 1.165) is 11.8 Å². The highest BCUT2D eigenvalue weighted by Crippen LogP contribution is 2.22. The number of morpholine rings is 1. The minimum Gasteiger partial charge on any atom is -0.370 e. The van der Waals surface area contributed by atoms with Crippen LogP contribution in [0.15, 0.2) is 24.3 Å². The zero-order valence-corrected chi connectivity index (χ0v) is 13.1. The molecule has 1 amide bonds. The highest BCUT2D eigenvalue weighted by atomic mass is 32.2. The van der Waals surface area contributed by atoms with Crippen molar-refractivity contribution in [3.05, 3.63) is 35.6 Å². The van der Waals surface area contributed by atoms with Crippen LogP contribution in [0.4, 0.5) is 4.39 Å². The highest BCUT2D eigenvalue weighted by Gasteiger charge is 2.25. The molecule has 2 rings (SSSR count). The molecule has 6 nitrogen and oxygen atoms in total. The van der Waals surface area contributed by atoms with Gasteiger partial charge in [-0.2, -0.15) is 0 Å². The van der Waals surface area contributed by atoms with Crippen LogP contribution in [0.3, 0.4) is 0 Å². The number of amides is 1. The molecule has 0 aliphatic carbocycles. The molecule has 1 aromatic carbocycles. The molecule has 1 atom stereocenters. The number of hydrogen-bond donors (Lipinski definition) is 1. The molecule has 0 radical (unpaired) electrons. The van der Waals surface area contributed by atoms with Crippen LogP contribution in [0, 0.1) is 5.82 Å². The molecule has 1 N–H and O–H groups in total. The van der Waals surface area contributed by atoms with Crippen molar-refractivity contribution in [2.45, 2.75) is 12.5 Å². The zero-order chi connectivity index (χ0) is 16.2. The van der Waals surface area contributed by atoms with E-state index in [2.05, 4.69) is 4.72 Å². The van der Waals surface area contributed by atoms with Crippen molar-refractivity contribution in [3.8, 4) is 0 Å². The van der Waals surface area contributed by atoms with E-state index >= 15 is 0 Å². The lowest BCUT2D eigenvalue weighted by molar-refractivity contribution is -0.138. The standard InChI is InChI=1S/C14H19FN2O4S/c1-22(19,20)16-7-6-14(18)17-8-9-21-13(10-17)11-2-4-12(15)5-3-11/h2-5,13,16H,6-10H2,1H3/t13-/m0/s1. The van der Waals surface area contributed by atoms with Crippen LogP contribution in [0.5, 0.6) is 0 Å². The summed E-state index contributed by atoms with van der Waals surface area (Å²) >= 11 is 0. The number of sulfonamides is 1. The highest BCUT2D eigenvalue weighted by molar-refractivity contribution is 7.88. The fraction of sp³-hybridized carbons (Fsp3) is 0.500. The number of benzene rings is 1. The minimum absolute atomic E-state index is 0.0796. The molecular weight excluding hydrogens is 311 g/mol. The van der Waals surface area contributed by atoms with E-state index in [0.29, 0.717) is 19.7 Å². The van der Waals surface area contributed by atoms with Gasteiger partial charge in [-0.15, -0.1) is 0 Å². The molecule has 0 unspecified atom stereocenters. The fourth-order valence-corrected chi connectivity index (χ4v) is 2.73. The van der Waals surface area contributed by atoms with Gasteiger partial charge in [0.15, 0.2) is 0 Å². The predicted molar refractivity (Wildman–Crippen MR) is 79.1 cm³/mol. The summed E-state index contributed by atoms with van der Waals surface area (Å²) in [7, 11) is -3.29. The van der Waals surface area contributed by atoms with Gasteiger partial charge in [0.25, 0.3) is 0 Å². The van der Waals surface area contributed by atoms with Crippen LogP contribution >= 0.6 is 0 Å². The van der Waals surface area contributed by atoms with Crippen molar-refractivity contribution in [1.29, 1.82) is 0 Å². The SMILES string of the molecule is CS(=O)(=O)NCCC(=O)N1CCO[C@H](c2ccc(F)cc2)C1. The maximum atomic E-state index is 12.9. The van der Waals surface area contributed by atoms with Gasteiger partial charge >= 0.3 is 0 Å². The van der Waals surface area contributed by atoms with Crippen LogP contribution in [-0.4, -0.2) is 51.7 Å². The second-order valence-electron chi connectivity index (χ2n) is 5.17. The molecule has 22 heavy (non-hydrogen) atoms. The predicted octanol–water partition coefficient (Wildman–Crippen LogP) is 0.665. The van der Waals surface area contributed by atoms with Gasteiger partial charge in [0.05, 0.1) is 19.4 Å². The van der Waals surface area contributed by atoms with Crippen molar-refractivity contribution in [2.24, 2.45) is 0 Å². The Hall–Kier alpha value is -1.51. The third-order valence-corrected chi connectivity index (χ3v) is 4.09. The van der Waals surface area contributed by atoms with E-state index < -0.39 is 10.0 Å². The van der Waals surface area contributed by atoms with Crippen LogP contribution in [0.1, 0.15) is 18.1 Å². The summed E-state index contributed by atoms with van der Waals surface area (Å²) in [5, 5.41) is 0. The Balaban J connectivity index is 1.89. The molecule has 1 heterocycles. The molecular formula is C14H19FN2O4S. The number of nitrogens with one attached hydrogen (secondary N) is 1. The van der Waals surface area contributed by atoms with Gasteiger partial charge in [0.1, 0.15) is 11.9 Å². The van der Waals surface area contributed by atoms with E-state index in [4.69, 9.17) is 4.74 Å². The van der Waals surface area contributed by atoms with E-state index in [-0.39, 0.29) is 30.8 Å². The molecule has 0 aromatic heterocycles. The molecule has 122 valence electrons. The Labute approximate surface area is 129 Å². The number of carbonyl (C=O) groups excluding carboxylic acids is 1. The number of ether oxygens (including phenoxy) is 1. The topological polar surface area (TPSA) is 75.7 Å². The van der Waals surface area contributed by atoms with E-state index in [1.807, 2.05) is 0 Å². The maximum absolute atomic E-state index is 12.9. The third-order valence-electron chi connectivity index (χ3n) is 3.36. The first-order chi connectivity index (χ1) is 10.3. The van der Waals surface area contributed by atoms with Crippen LogP contribution < -0.4 is 4.72 Å². The van der Waals surface area contributed by atoms with Gasteiger partial charge in [0, 0.05) is 19.5 Å². The summed E-state index contributed by atoms with van der Waals surface area (Å²) in [6.07, 6.45) is 0.862. The molecule has 1 fully saturated rings. The number of rotatable bonds is 5. The van der Waals surface area contributed by atoms with Crippen molar-refractivity contribution in [2.75, 3.05) is 32.5 Å². The average Bonchev–Trinajstić information content (AvgIpc) is 2.47. The summed E-state index contributed by atoms with van der Waals surface area (Å²) in [6, 6.07) is 5.99. The van der Waals surface area contributed by atoms with Gasteiger partial charge in [-0.05, 0) is 17.7 Å². The molecule has 1 aromatic rings. The van der Waals surface area contributed by atoms with E-state index in [9.17, 15) is 17.6 Å². The summed E-state index contributed by atoms with van der Waals surface area (Å²) in [6.45, 7) is 1.32. The Morgan fingerprint density at radius 3 is 2.73 bits per heavy atom. The summed E-state index contributed by atoms with van der Waals surface area (Å²) in [5.74, 6) is -0.453. The normalized spacial score (nSPS) is 19.2. The fourth-order valence-electron chi connectivity index (χ4n) is 2.26. The van der Waals surface area contributed by atoms with Crippen molar-refractivity contribution in [1.82, 2.24) is 9.62 Å². The molecule has 0 spiro atoms. The lowest BCUT2D eigenvalue weighted by Crippen LogP contribution is -2.43. The minimum atomic E-state index is -3.29. The molecule has 1 saturated heterocycles. The van der Waals surface area contributed by atoms with Gasteiger partial charge in [-0.1, -0.05) is 12.1 Å². The number of carbonyl (C=O) groups is 1. The summed E-state index contributed by atoms with van der Waals surface area (Å²) < 4.78 is 42.8. The molecule has 0 bridgehead atoms. The lowest BCUT2D eigenvalue weighted by atomic mass is 10.1. The first-order valence-corrected chi connectivity index (χ1v) is 8.84. The quantitative estimate of drug-likeness (QED) is 0.861. The van der Waals surface area contributed by atoms with Crippen LogP contribution in [0.2, 0.25) is 0 Å². The van der Waals surface area contributed by atoms with Crippen molar-refractivity contribution >= 4 is 15.9 Å². The van der Waals surface area contributed by atoms with Crippen LogP contribution in [-0.2, 0) is 19.6 Å². The Morgan fingerprint density at radius 2 is 2.09 bits per heavy atom. The second-order valence-corrected chi connectivity index (χ2v) is 7.00. The van der Waals surface area contributed by atoms with Gasteiger partial charge in [-0.25, -0.2) is 17.5 Å². The van der Waals surface area contributed by atoms with E-state index in [1.54, 1.807) is 17.0 Å². The van der Waals surface area contributed by atoms with Gasteiger partial charge in [0.2, 0.25) is 15.9 Å². The first-order valence-electron chi connectivity index (χ1n) is 6.94. The van der Waals surface area contributed by atoms with Crippen molar-refractivity contribution < 1.29 is 22.3 Å². The summed E-state index contributed by atoms with van der Waals surface area (Å²) in [4.78, 5) is 13.7. The Kier molecular flexibility index (Phi) is 5.49. The maximum Gasteiger partial charge on any atom is 0.224 e.